The standard InChI is InChI=1S/C14H18N2O3/c1-9-10(13(18)19)5-6-11(15-9)12(17)16-14(2)7-3-4-8-14/h5-6H,3-4,7-8H2,1-2H3,(H,16,17)(H,18,19). The van der Waals surface area contributed by atoms with Crippen LogP contribution in [-0.4, -0.2) is 27.5 Å². The van der Waals surface area contributed by atoms with Gasteiger partial charge in [0, 0.05) is 5.54 Å². The molecule has 1 saturated carbocycles. The molecule has 1 aliphatic rings. The van der Waals surface area contributed by atoms with Crippen molar-refractivity contribution in [2.45, 2.75) is 45.1 Å². The molecule has 0 spiro atoms. The molecule has 0 atom stereocenters. The second-order valence-electron chi connectivity index (χ2n) is 5.36. The van der Waals surface area contributed by atoms with Gasteiger partial charge in [-0.05, 0) is 38.8 Å². The van der Waals surface area contributed by atoms with Crippen LogP contribution in [0.15, 0.2) is 12.1 Å². The number of aromatic nitrogens is 1. The monoisotopic (exact) mass is 262 g/mol. The Bertz CT molecular complexity index is 519. The first-order valence-electron chi connectivity index (χ1n) is 6.45. The number of aromatic carboxylic acids is 1. The molecule has 1 aromatic rings. The molecule has 0 radical (unpaired) electrons. The fourth-order valence-corrected chi connectivity index (χ4v) is 2.53. The molecule has 0 bridgehead atoms. The SMILES string of the molecule is Cc1nc(C(=O)NC2(C)CCCC2)ccc1C(=O)O. The third-order valence-corrected chi connectivity index (χ3v) is 3.67. The third-order valence-electron chi connectivity index (χ3n) is 3.67. The highest BCUT2D eigenvalue weighted by Crippen LogP contribution is 2.29. The quantitative estimate of drug-likeness (QED) is 0.874. The summed E-state index contributed by atoms with van der Waals surface area (Å²) < 4.78 is 0. The van der Waals surface area contributed by atoms with Crippen molar-refractivity contribution in [1.82, 2.24) is 10.3 Å². The van der Waals surface area contributed by atoms with E-state index in [0.29, 0.717) is 5.69 Å². The van der Waals surface area contributed by atoms with E-state index >= 15 is 0 Å². The van der Waals surface area contributed by atoms with Crippen LogP contribution in [-0.2, 0) is 0 Å². The van der Waals surface area contributed by atoms with E-state index in [0.717, 1.165) is 25.7 Å². The molecule has 102 valence electrons. The van der Waals surface area contributed by atoms with Gasteiger partial charge in [-0.25, -0.2) is 9.78 Å². The third kappa shape index (κ3) is 2.92. The smallest absolute Gasteiger partial charge is 0.337 e. The maximum Gasteiger partial charge on any atom is 0.337 e. The normalized spacial score (nSPS) is 17.2. The number of carboxylic acids is 1. The lowest BCUT2D eigenvalue weighted by Gasteiger charge is -2.25. The van der Waals surface area contributed by atoms with Crippen molar-refractivity contribution in [3.8, 4) is 0 Å². The summed E-state index contributed by atoms with van der Waals surface area (Å²) in [5.74, 6) is -1.26. The number of hydrogen-bond acceptors (Lipinski definition) is 3. The maximum absolute atomic E-state index is 12.1. The Morgan fingerprint density at radius 3 is 2.47 bits per heavy atom. The molecule has 2 rings (SSSR count). The second-order valence-corrected chi connectivity index (χ2v) is 5.36. The lowest BCUT2D eigenvalue weighted by atomic mass is 10.0. The van der Waals surface area contributed by atoms with Gasteiger partial charge in [0.05, 0.1) is 11.3 Å². The van der Waals surface area contributed by atoms with Crippen molar-refractivity contribution < 1.29 is 14.7 Å². The van der Waals surface area contributed by atoms with Crippen LogP contribution in [0.3, 0.4) is 0 Å². The Morgan fingerprint density at radius 1 is 1.32 bits per heavy atom. The topological polar surface area (TPSA) is 79.3 Å². The zero-order valence-electron chi connectivity index (χ0n) is 11.2. The summed E-state index contributed by atoms with van der Waals surface area (Å²) in [5, 5.41) is 11.9. The Kier molecular flexibility index (Phi) is 3.55. The van der Waals surface area contributed by atoms with Gasteiger partial charge in [-0.2, -0.15) is 0 Å². The molecule has 5 nitrogen and oxygen atoms in total. The summed E-state index contributed by atoms with van der Waals surface area (Å²) >= 11 is 0. The Morgan fingerprint density at radius 2 is 1.95 bits per heavy atom. The number of hydrogen-bond donors (Lipinski definition) is 2. The zero-order valence-corrected chi connectivity index (χ0v) is 11.2. The summed E-state index contributed by atoms with van der Waals surface area (Å²) in [5.41, 5.74) is 0.606. The first-order chi connectivity index (χ1) is 8.91. The molecule has 0 aliphatic heterocycles. The highest BCUT2D eigenvalue weighted by atomic mass is 16.4. The number of carboxylic acid groups (broad SMARTS) is 1. The molecule has 1 aliphatic carbocycles. The fourth-order valence-electron chi connectivity index (χ4n) is 2.53. The van der Waals surface area contributed by atoms with Crippen molar-refractivity contribution in [3.05, 3.63) is 29.1 Å². The summed E-state index contributed by atoms with van der Waals surface area (Å²) in [4.78, 5) is 27.1. The number of nitrogens with one attached hydrogen (secondary N) is 1. The van der Waals surface area contributed by atoms with Gasteiger partial charge in [-0.3, -0.25) is 4.79 Å². The lowest BCUT2D eigenvalue weighted by Crippen LogP contribution is -2.43. The van der Waals surface area contributed by atoms with E-state index in [9.17, 15) is 9.59 Å². The molecule has 5 heteroatoms. The lowest BCUT2D eigenvalue weighted by molar-refractivity contribution is 0.0694. The molecule has 0 saturated heterocycles. The van der Waals surface area contributed by atoms with Crippen LogP contribution in [0.25, 0.3) is 0 Å². The number of carbonyl (C=O) groups is 2. The highest BCUT2D eigenvalue weighted by Gasteiger charge is 2.30. The van der Waals surface area contributed by atoms with Gasteiger partial charge in [0.1, 0.15) is 5.69 Å². The van der Waals surface area contributed by atoms with Gasteiger partial charge in [0.25, 0.3) is 5.91 Å². The number of amides is 1. The Balaban J connectivity index is 2.16. The number of carbonyl (C=O) groups excluding carboxylic acids is 1. The van der Waals surface area contributed by atoms with Crippen molar-refractivity contribution in [2.75, 3.05) is 0 Å². The molecule has 0 aromatic carbocycles. The van der Waals surface area contributed by atoms with E-state index in [1.807, 2.05) is 6.92 Å². The van der Waals surface area contributed by atoms with Crippen molar-refractivity contribution in [2.24, 2.45) is 0 Å². The van der Waals surface area contributed by atoms with E-state index in [-0.39, 0.29) is 22.7 Å². The molecule has 1 fully saturated rings. The highest BCUT2D eigenvalue weighted by molar-refractivity contribution is 5.94. The van der Waals surface area contributed by atoms with E-state index in [1.54, 1.807) is 6.92 Å². The fraction of sp³-hybridized carbons (Fsp3) is 0.500. The molecule has 0 unspecified atom stereocenters. The van der Waals surface area contributed by atoms with Crippen molar-refractivity contribution in [1.29, 1.82) is 0 Å². The second kappa shape index (κ2) is 4.99. The summed E-state index contributed by atoms with van der Waals surface area (Å²) in [6, 6.07) is 2.89. The van der Waals surface area contributed by atoms with Gasteiger partial charge >= 0.3 is 5.97 Å². The van der Waals surface area contributed by atoms with Crippen molar-refractivity contribution >= 4 is 11.9 Å². The summed E-state index contributed by atoms with van der Waals surface area (Å²) in [7, 11) is 0. The molecule has 1 aromatic heterocycles. The number of aryl methyl sites for hydroxylation is 1. The van der Waals surface area contributed by atoms with E-state index in [2.05, 4.69) is 10.3 Å². The Hall–Kier alpha value is -1.91. The minimum atomic E-state index is -1.03. The summed E-state index contributed by atoms with van der Waals surface area (Å²) in [6.45, 7) is 3.63. The van der Waals surface area contributed by atoms with Gasteiger partial charge in [0.15, 0.2) is 0 Å². The minimum Gasteiger partial charge on any atom is -0.478 e. The number of nitrogens with zero attached hydrogens (tertiary/aromatic N) is 1. The van der Waals surface area contributed by atoms with Crippen LogP contribution in [0.1, 0.15) is 59.1 Å². The molecule has 1 heterocycles. The molecular weight excluding hydrogens is 244 g/mol. The average molecular weight is 262 g/mol. The molecule has 2 N–H and O–H groups in total. The van der Waals surface area contributed by atoms with E-state index in [4.69, 9.17) is 5.11 Å². The van der Waals surface area contributed by atoms with Gasteiger partial charge in [-0.1, -0.05) is 12.8 Å². The average Bonchev–Trinajstić information content (AvgIpc) is 2.75. The van der Waals surface area contributed by atoms with Crippen molar-refractivity contribution in [3.63, 3.8) is 0 Å². The van der Waals surface area contributed by atoms with Crippen LogP contribution >= 0.6 is 0 Å². The number of pyridine rings is 1. The van der Waals surface area contributed by atoms with Crippen LogP contribution in [0, 0.1) is 6.92 Å². The first kappa shape index (κ1) is 13.5. The molecule has 19 heavy (non-hydrogen) atoms. The predicted molar refractivity (Wildman–Crippen MR) is 70.3 cm³/mol. The van der Waals surface area contributed by atoms with Crippen LogP contribution in [0.4, 0.5) is 0 Å². The number of rotatable bonds is 3. The molecular formula is C14H18N2O3. The molecule has 1 amide bonds. The maximum atomic E-state index is 12.1. The summed E-state index contributed by atoms with van der Waals surface area (Å²) in [6.07, 6.45) is 4.21. The van der Waals surface area contributed by atoms with Crippen LogP contribution < -0.4 is 5.32 Å². The Labute approximate surface area is 112 Å². The zero-order chi connectivity index (χ0) is 14.0. The first-order valence-corrected chi connectivity index (χ1v) is 6.45. The van der Waals surface area contributed by atoms with Crippen LogP contribution in [0.5, 0.6) is 0 Å². The van der Waals surface area contributed by atoms with E-state index in [1.165, 1.54) is 12.1 Å². The largest absolute Gasteiger partial charge is 0.478 e. The minimum absolute atomic E-state index is 0.128. The van der Waals surface area contributed by atoms with Crippen LogP contribution in [0.2, 0.25) is 0 Å². The van der Waals surface area contributed by atoms with E-state index < -0.39 is 5.97 Å². The predicted octanol–water partition coefficient (Wildman–Crippen LogP) is 2.15. The van der Waals surface area contributed by atoms with Gasteiger partial charge < -0.3 is 10.4 Å². The van der Waals surface area contributed by atoms with Gasteiger partial charge in [-0.15, -0.1) is 0 Å². The van der Waals surface area contributed by atoms with Gasteiger partial charge in [0.2, 0.25) is 0 Å².